The maximum atomic E-state index is 12.7. The van der Waals surface area contributed by atoms with Crippen molar-refractivity contribution in [1.29, 1.82) is 0 Å². The van der Waals surface area contributed by atoms with Crippen molar-refractivity contribution in [2.75, 3.05) is 20.1 Å². The Morgan fingerprint density at radius 1 is 1.27 bits per heavy atom. The molecule has 0 aromatic heterocycles. The number of carbonyl (C=O) groups is 1. The van der Waals surface area contributed by atoms with Crippen LogP contribution in [0.4, 0.5) is 0 Å². The van der Waals surface area contributed by atoms with E-state index in [1.165, 1.54) is 50.5 Å². The second kappa shape index (κ2) is 9.75. The van der Waals surface area contributed by atoms with Gasteiger partial charge in [-0.25, -0.2) is 0 Å². The van der Waals surface area contributed by atoms with Crippen molar-refractivity contribution in [2.24, 2.45) is 11.3 Å². The van der Waals surface area contributed by atoms with E-state index in [0.717, 1.165) is 31.8 Å². The van der Waals surface area contributed by atoms with Crippen molar-refractivity contribution in [3.05, 3.63) is 41.8 Å². The molecule has 144 valence electrons. The number of rotatable bonds is 7. The number of aryl methyl sites for hydroxylation is 1. The van der Waals surface area contributed by atoms with Crippen molar-refractivity contribution in [3.63, 3.8) is 0 Å². The molecule has 2 bridgehead atoms. The molecule has 1 amide bonds. The predicted octanol–water partition coefficient (Wildman–Crippen LogP) is 4.91. The van der Waals surface area contributed by atoms with Crippen LogP contribution in [0.1, 0.15) is 67.3 Å². The molecule has 0 atom stereocenters. The van der Waals surface area contributed by atoms with Gasteiger partial charge in [0.05, 0.1) is 10.6 Å². The fraction of sp³-hybridized carbons (Fsp3) is 0.636. The van der Waals surface area contributed by atoms with Gasteiger partial charge >= 0.3 is 0 Å². The number of hydrogen-bond donors (Lipinski definition) is 2. The van der Waals surface area contributed by atoms with Crippen LogP contribution in [0.2, 0.25) is 5.02 Å². The monoisotopic (exact) mass is 376 g/mol. The molecule has 0 saturated heterocycles. The molecular weight excluding hydrogens is 344 g/mol. The molecule has 2 aliphatic rings. The van der Waals surface area contributed by atoms with Crippen molar-refractivity contribution in [1.82, 2.24) is 10.6 Å². The fourth-order valence-electron chi connectivity index (χ4n) is 4.80. The first-order valence-electron chi connectivity index (χ1n) is 9.83. The number of nitrogens with one attached hydrogen (secondary N) is 2. The first-order valence-corrected chi connectivity index (χ1v) is 10.2. The topological polar surface area (TPSA) is 41.1 Å². The molecule has 4 heteroatoms. The van der Waals surface area contributed by atoms with Gasteiger partial charge in [0, 0.05) is 6.54 Å². The van der Waals surface area contributed by atoms with Gasteiger partial charge in [0.1, 0.15) is 0 Å². The van der Waals surface area contributed by atoms with E-state index in [9.17, 15) is 4.79 Å². The van der Waals surface area contributed by atoms with E-state index in [1.807, 2.05) is 25.2 Å². The zero-order valence-electron chi connectivity index (χ0n) is 16.1. The van der Waals surface area contributed by atoms with E-state index in [1.54, 1.807) is 0 Å². The van der Waals surface area contributed by atoms with Crippen molar-refractivity contribution >= 4 is 17.5 Å². The average Bonchev–Trinajstić information content (AvgIpc) is 2.61. The lowest BCUT2D eigenvalue weighted by atomic mass is 9.62. The van der Waals surface area contributed by atoms with E-state index in [4.69, 9.17) is 11.6 Å². The van der Waals surface area contributed by atoms with Crippen LogP contribution < -0.4 is 10.6 Å². The first-order chi connectivity index (χ1) is 12.1. The standard InChI is InChI=1S/C21H31ClN2O.CH2/c1-23-12-4-7-16-8-9-19(22)18(13-16)20(25)24-15-21-10-2-5-17(14-21)6-3-11-21;/h8-9,13,17,23H,2-7,10-12,14-15H2,1H3,(H,24,25);1H2. The minimum absolute atomic E-state index is 0. The van der Waals surface area contributed by atoms with E-state index in [-0.39, 0.29) is 13.3 Å². The number of fused-ring (bicyclic) bond motifs is 2. The summed E-state index contributed by atoms with van der Waals surface area (Å²) in [5, 5.41) is 6.93. The Hall–Kier alpha value is -1.06. The van der Waals surface area contributed by atoms with E-state index < -0.39 is 0 Å². The summed E-state index contributed by atoms with van der Waals surface area (Å²) < 4.78 is 0. The van der Waals surface area contributed by atoms with Crippen LogP contribution >= 0.6 is 11.6 Å². The van der Waals surface area contributed by atoms with E-state index in [0.29, 0.717) is 16.0 Å². The molecule has 0 spiro atoms. The quantitative estimate of drug-likeness (QED) is 0.664. The third kappa shape index (κ3) is 5.23. The van der Waals surface area contributed by atoms with Crippen LogP contribution in [-0.2, 0) is 6.42 Å². The summed E-state index contributed by atoms with van der Waals surface area (Å²) in [6, 6.07) is 5.86. The molecule has 2 fully saturated rings. The highest BCUT2D eigenvalue weighted by molar-refractivity contribution is 6.33. The smallest absolute Gasteiger partial charge is 0.252 e. The molecule has 1 aromatic rings. The first kappa shape index (κ1) is 21.2. The lowest BCUT2D eigenvalue weighted by Crippen LogP contribution is -2.43. The fourth-order valence-corrected chi connectivity index (χ4v) is 5.01. The van der Waals surface area contributed by atoms with E-state index >= 15 is 0 Å². The van der Waals surface area contributed by atoms with Crippen LogP contribution in [0, 0.1) is 18.8 Å². The second-order valence-corrected chi connectivity index (χ2v) is 8.47. The average molecular weight is 377 g/mol. The Morgan fingerprint density at radius 2 is 2.00 bits per heavy atom. The van der Waals surface area contributed by atoms with Crippen LogP contribution in [0.15, 0.2) is 18.2 Å². The third-order valence-electron chi connectivity index (χ3n) is 6.15. The van der Waals surface area contributed by atoms with Crippen molar-refractivity contribution < 1.29 is 4.79 Å². The highest BCUT2D eigenvalue weighted by atomic mass is 35.5. The van der Waals surface area contributed by atoms with Crippen molar-refractivity contribution in [2.45, 2.75) is 57.8 Å². The maximum absolute atomic E-state index is 12.7. The Bertz CT molecular complexity index is 592. The molecule has 2 aliphatic carbocycles. The molecule has 2 saturated carbocycles. The number of hydrogen-bond acceptors (Lipinski definition) is 2. The van der Waals surface area contributed by atoms with Crippen LogP contribution in [0.5, 0.6) is 0 Å². The molecular formula is C22H33ClN2O. The molecule has 0 unspecified atom stereocenters. The summed E-state index contributed by atoms with van der Waals surface area (Å²) in [4.78, 5) is 12.7. The number of carbonyl (C=O) groups excluding carboxylic acids is 1. The Morgan fingerprint density at radius 3 is 2.69 bits per heavy atom. The Kier molecular flexibility index (Phi) is 7.97. The summed E-state index contributed by atoms with van der Waals surface area (Å²) in [5.41, 5.74) is 2.15. The molecule has 2 N–H and O–H groups in total. The lowest BCUT2D eigenvalue weighted by molar-refractivity contribution is 0.0682. The largest absolute Gasteiger partial charge is 0.351 e. The second-order valence-electron chi connectivity index (χ2n) is 8.06. The summed E-state index contributed by atoms with van der Waals surface area (Å²) in [5.74, 6) is 0.876. The molecule has 0 aliphatic heterocycles. The summed E-state index contributed by atoms with van der Waals surface area (Å²) >= 11 is 6.30. The van der Waals surface area contributed by atoms with Gasteiger partial charge < -0.3 is 10.6 Å². The number of halogens is 1. The van der Waals surface area contributed by atoms with Gasteiger partial charge in [-0.2, -0.15) is 0 Å². The lowest BCUT2D eigenvalue weighted by Gasteiger charge is -2.45. The zero-order chi connectivity index (χ0) is 17.7. The Labute approximate surface area is 164 Å². The van der Waals surface area contributed by atoms with Gasteiger partial charge in [-0.1, -0.05) is 50.8 Å². The summed E-state index contributed by atoms with van der Waals surface area (Å²) in [6.45, 7) is 1.79. The highest BCUT2D eigenvalue weighted by Crippen LogP contribution is 2.48. The molecule has 3 nitrogen and oxygen atoms in total. The van der Waals surface area contributed by atoms with Crippen LogP contribution in [0.25, 0.3) is 0 Å². The molecule has 0 heterocycles. The summed E-state index contributed by atoms with van der Waals surface area (Å²) in [6.07, 6.45) is 11.3. The normalized spacial score (nSPS) is 24.6. The van der Waals surface area contributed by atoms with Gasteiger partial charge in [0.25, 0.3) is 5.91 Å². The third-order valence-corrected chi connectivity index (χ3v) is 6.48. The molecule has 2 radical (unpaired) electrons. The zero-order valence-corrected chi connectivity index (χ0v) is 16.8. The van der Waals surface area contributed by atoms with Crippen LogP contribution in [-0.4, -0.2) is 26.0 Å². The SMILES string of the molecule is CNCCCc1ccc(Cl)c(C(=O)NCC23CCCC(CCC2)C3)c1.[CH2]. The van der Waals surface area contributed by atoms with E-state index in [2.05, 4.69) is 10.6 Å². The Balaban J connectivity index is 0.00000243. The number of benzene rings is 1. The van der Waals surface area contributed by atoms with Gasteiger partial charge in [-0.3, -0.25) is 4.79 Å². The minimum atomic E-state index is -0.0115. The molecule has 1 aromatic carbocycles. The number of amides is 1. The van der Waals surface area contributed by atoms with Crippen molar-refractivity contribution in [3.8, 4) is 0 Å². The highest BCUT2D eigenvalue weighted by Gasteiger charge is 2.39. The van der Waals surface area contributed by atoms with Gasteiger partial charge in [-0.15, -0.1) is 0 Å². The molecule has 26 heavy (non-hydrogen) atoms. The maximum Gasteiger partial charge on any atom is 0.252 e. The van der Waals surface area contributed by atoms with Gasteiger partial charge in [0.2, 0.25) is 0 Å². The van der Waals surface area contributed by atoms with Crippen LogP contribution in [0.3, 0.4) is 0 Å². The van der Waals surface area contributed by atoms with Gasteiger partial charge in [-0.05, 0) is 74.7 Å². The minimum Gasteiger partial charge on any atom is -0.351 e. The summed E-state index contributed by atoms with van der Waals surface area (Å²) in [7, 11) is 1.96. The predicted molar refractivity (Wildman–Crippen MR) is 110 cm³/mol. The van der Waals surface area contributed by atoms with Gasteiger partial charge in [0.15, 0.2) is 0 Å². The molecule has 3 rings (SSSR count).